The molecule has 114 valence electrons. The maximum absolute atomic E-state index is 11.8. The zero-order valence-corrected chi connectivity index (χ0v) is 12.8. The average molecular weight is 317 g/mol. The van der Waals surface area contributed by atoms with E-state index in [-0.39, 0.29) is 18.3 Å². The summed E-state index contributed by atoms with van der Waals surface area (Å²) in [6, 6.07) is 3.64. The lowest BCUT2D eigenvalue weighted by atomic mass is 10.2. The van der Waals surface area contributed by atoms with Gasteiger partial charge in [-0.1, -0.05) is 6.07 Å². The summed E-state index contributed by atoms with van der Waals surface area (Å²) in [4.78, 5) is 31.2. The van der Waals surface area contributed by atoms with Crippen molar-refractivity contribution in [2.45, 2.75) is 13.3 Å². The molecular weight excluding hydrogens is 302 g/mol. The van der Waals surface area contributed by atoms with Crippen molar-refractivity contribution in [2.75, 3.05) is 11.9 Å². The van der Waals surface area contributed by atoms with Gasteiger partial charge in [-0.05, 0) is 24.6 Å². The van der Waals surface area contributed by atoms with Crippen LogP contribution in [0.15, 0.2) is 36.0 Å². The molecule has 1 N–H and O–H groups in total. The van der Waals surface area contributed by atoms with E-state index in [2.05, 4.69) is 15.3 Å². The summed E-state index contributed by atoms with van der Waals surface area (Å²) in [5, 5.41) is 4.81. The number of nitrogens with zero attached hydrogens (tertiary/aromatic N) is 2. The maximum Gasteiger partial charge on any atom is 0.311 e. The normalized spacial score (nSPS) is 10.6. The molecule has 2 aromatic rings. The van der Waals surface area contributed by atoms with Crippen LogP contribution >= 0.6 is 11.3 Å². The van der Waals surface area contributed by atoms with Gasteiger partial charge in [-0.2, -0.15) is 0 Å². The van der Waals surface area contributed by atoms with Gasteiger partial charge in [0.1, 0.15) is 0 Å². The Morgan fingerprint density at radius 2 is 2.32 bits per heavy atom. The lowest BCUT2D eigenvalue weighted by Crippen LogP contribution is -2.09. The number of carbonyl (C=O) groups excluding carboxylic acids is 2. The topological polar surface area (TPSA) is 81.2 Å². The fraction of sp³-hybridized carbons (Fsp3) is 0.200. The third-order valence-corrected chi connectivity index (χ3v) is 3.33. The summed E-state index contributed by atoms with van der Waals surface area (Å²) in [5.74, 6) is -0.622. The average Bonchev–Trinajstić information content (AvgIpc) is 2.93. The van der Waals surface area contributed by atoms with Crippen molar-refractivity contribution in [3.05, 3.63) is 47.2 Å². The Morgan fingerprint density at radius 1 is 1.45 bits per heavy atom. The quantitative estimate of drug-likeness (QED) is 0.653. The van der Waals surface area contributed by atoms with Crippen molar-refractivity contribution in [1.82, 2.24) is 9.97 Å². The first-order chi connectivity index (χ1) is 10.7. The van der Waals surface area contributed by atoms with Crippen molar-refractivity contribution in [2.24, 2.45) is 0 Å². The van der Waals surface area contributed by atoms with Crippen LogP contribution in [-0.4, -0.2) is 28.5 Å². The second-order valence-electron chi connectivity index (χ2n) is 4.23. The van der Waals surface area contributed by atoms with Gasteiger partial charge in [-0.3, -0.25) is 19.9 Å². The van der Waals surface area contributed by atoms with Crippen LogP contribution in [0.2, 0.25) is 0 Å². The number of hydrogen-bond acceptors (Lipinski definition) is 6. The van der Waals surface area contributed by atoms with Crippen molar-refractivity contribution in [1.29, 1.82) is 0 Å². The van der Waals surface area contributed by atoms with E-state index in [1.165, 1.54) is 17.4 Å². The van der Waals surface area contributed by atoms with E-state index in [0.29, 0.717) is 17.4 Å². The molecule has 0 aliphatic carbocycles. The molecule has 2 aromatic heterocycles. The smallest absolute Gasteiger partial charge is 0.311 e. The highest BCUT2D eigenvalue weighted by Gasteiger charge is 2.09. The minimum absolute atomic E-state index is 0.103. The second-order valence-corrected chi connectivity index (χ2v) is 5.09. The van der Waals surface area contributed by atoms with Crippen molar-refractivity contribution >= 4 is 34.4 Å². The number of anilines is 1. The number of esters is 1. The Kier molecular flexibility index (Phi) is 5.79. The van der Waals surface area contributed by atoms with Gasteiger partial charge < -0.3 is 4.74 Å². The van der Waals surface area contributed by atoms with Crippen LogP contribution in [0, 0.1) is 0 Å². The summed E-state index contributed by atoms with van der Waals surface area (Å²) >= 11 is 1.26. The van der Waals surface area contributed by atoms with Gasteiger partial charge in [0.15, 0.2) is 5.13 Å². The first-order valence-corrected chi connectivity index (χ1v) is 7.54. The number of aromatic nitrogens is 2. The predicted octanol–water partition coefficient (Wildman–Crippen LogP) is 2.30. The first-order valence-electron chi connectivity index (χ1n) is 6.66. The van der Waals surface area contributed by atoms with Crippen molar-refractivity contribution in [3.63, 3.8) is 0 Å². The Bertz CT molecular complexity index is 668. The zero-order valence-electron chi connectivity index (χ0n) is 12.0. The summed E-state index contributed by atoms with van der Waals surface area (Å²) in [7, 11) is 0. The first kappa shape index (κ1) is 15.8. The predicted molar refractivity (Wildman–Crippen MR) is 84.4 cm³/mol. The number of pyridine rings is 1. The van der Waals surface area contributed by atoms with Gasteiger partial charge in [-0.25, -0.2) is 4.98 Å². The third-order valence-electron chi connectivity index (χ3n) is 2.52. The van der Waals surface area contributed by atoms with Gasteiger partial charge in [0.05, 0.1) is 18.7 Å². The van der Waals surface area contributed by atoms with Crippen LogP contribution in [-0.2, 0) is 20.7 Å². The molecule has 0 fully saturated rings. The molecule has 2 heterocycles. The molecule has 22 heavy (non-hydrogen) atoms. The van der Waals surface area contributed by atoms with E-state index in [4.69, 9.17) is 4.74 Å². The van der Waals surface area contributed by atoms with E-state index < -0.39 is 0 Å². The van der Waals surface area contributed by atoms with Crippen LogP contribution in [0.1, 0.15) is 18.2 Å². The number of ether oxygens (including phenoxy) is 1. The van der Waals surface area contributed by atoms with E-state index in [0.717, 1.165) is 5.56 Å². The molecule has 1 amide bonds. The van der Waals surface area contributed by atoms with Crippen LogP contribution in [0.25, 0.3) is 6.08 Å². The summed E-state index contributed by atoms with van der Waals surface area (Å²) < 4.78 is 4.84. The van der Waals surface area contributed by atoms with Crippen LogP contribution in [0.5, 0.6) is 0 Å². The Hall–Kier alpha value is -2.54. The monoisotopic (exact) mass is 317 g/mol. The molecule has 0 bridgehead atoms. The largest absolute Gasteiger partial charge is 0.466 e. The highest BCUT2D eigenvalue weighted by Crippen LogP contribution is 2.16. The third kappa shape index (κ3) is 5.10. The number of rotatable bonds is 6. The highest BCUT2D eigenvalue weighted by atomic mass is 32.1. The number of nitrogens with one attached hydrogen (secondary N) is 1. The minimum Gasteiger partial charge on any atom is -0.466 e. The van der Waals surface area contributed by atoms with Gasteiger partial charge >= 0.3 is 5.97 Å². The summed E-state index contributed by atoms with van der Waals surface area (Å²) in [5.41, 5.74) is 1.41. The lowest BCUT2D eigenvalue weighted by molar-refractivity contribution is -0.142. The fourth-order valence-electron chi connectivity index (χ4n) is 1.60. The van der Waals surface area contributed by atoms with E-state index in [1.807, 2.05) is 6.07 Å². The molecular formula is C15H15N3O3S. The Morgan fingerprint density at radius 3 is 3.05 bits per heavy atom. The molecule has 0 aliphatic heterocycles. The van der Waals surface area contributed by atoms with Gasteiger partial charge in [0.2, 0.25) is 5.91 Å². The second kappa shape index (κ2) is 8.04. The molecule has 0 aliphatic rings. The number of carbonyl (C=O) groups is 2. The number of hydrogen-bond donors (Lipinski definition) is 1. The van der Waals surface area contributed by atoms with Crippen molar-refractivity contribution < 1.29 is 14.3 Å². The van der Waals surface area contributed by atoms with Crippen LogP contribution in [0.4, 0.5) is 5.13 Å². The molecule has 0 unspecified atom stereocenters. The molecule has 6 nitrogen and oxygen atoms in total. The van der Waals surface area contributed by atoms with Gasteiger partial charge in [0, 0.05) is 23.8 Å². The number of amides is 1. The standard InChI is InChI=1S/C15H15N3O3S/c1-2-21-14(20)8-12-10-22-15(17-12)18-13(19)6-5-11-4-3-7-16-9-11/h3-7,9-10H,2,8H2,1H3,(H,17,18,19)/b6-5+. The Labute approximate surface area is 131 Å². The van der Waals surface area contributed by atoms with E-state index in [9.17, 15) is 9.59 Å². The fourth-order valence-corrected chi connectivity index (χ4v) is 2.31. The summed E-state index contributed by atoms with van der Waals surface area (Å²) in [6.07, 6.45) is 6.49. The number of thiazole rings is 1. The molecule has 2 rings (SSSR count). The van der Waals surface area contributed by atoms with E-state index in [1.54, 1.807) is 36.8 Å². The van der Waals surface area contributed by atoms with E-state index >= 15 is 0 Å². The Balaban J connectivity index is 1.88. The molecule has 0 spiro atoms. The molecule has 0 atom stereocenters. The van der Waals surface area contributed by atoms with Crippen LogP contribution < -0.4 is 5.32 Å². The minimum atomic E-state index is -0.331. The molecule has 0 aromatic carbocycles. The molecule has 7 heteroatoms. The zero-order chi connectivity index (χ0) is 15.8. The molecule has 0 radical (unpaired) electrons. The van der Waals surface area contributed by atoms with Crippen LogP contribution in [0.3, 0.4) is 0 Å². The SMILES string of the molecule is CCOC(=O)Cc1csc(NC(=O)/C=C/c2cccnc2)n1. The van der Waals surface area contributed by atoms with Gasteiger partial charge in [-0.15, -0.1) is 11.3 Å². The summed E-state index contributed by atoms with van der Waals surface area (Å²) in [6.45, 7) is 2.09. The lowest BCUT2D eigenvalue weighted by Gasteiger charge is -1.98. The van der Waals surface area contributed by atoms with Gasteiger partial charge in [0.25, 0.3) is 0 Å². The molecule has 0 saturated carbocycles. The highest BCUT2D eigenvalue weighted by molar-refractivity contribution is 7.14. The molecule has 0 saturated heterocycles. The maximum atomic E-state index is 11.8. The van der Waals surface area contributed by atoms with Crippen molar-refractivity contribution in [3.8, 4) is 0 Å².